The lowest BCUT2D eigenvalue weighted by Gasteiger charge is -2.38. The lowest BCUT2D eigenvalue weighted by Crippen LogP contribution is -2.46. The van der Waals surface area contributed by atoms with Gasteiger partial charge in [-0.05, 0) is 42.5 Å². The number of hydrogen-bond donors (Lipinski definition) is 0. The maximum atomic E-state index is 12.3. The van der Waals surface area contributed by atoms with Crippen molar-refractivity contribution in [3.05, 3.63) is 65.7 Å². The Balaban J connectivity index is 1.63. The molecule has 0 spiro atoms. The van der Waals surface area contributed by atoms with E-state index >= 15 is 0 Å². The second-order valence-electron chi connectivity index (χ2n) is 6.90. The summed E-state index contributed by atoms with van der Waals surface area (Å²) in [7, 11) is 0. The molecule has 3 heteroatoms. The molecule has 1 fully saturated rings. The van der Waals surface area contributed by atoms with Gasteiger partial charge in [0, 0.05) is 38.3 Å². The van der Waals surface area contributed by atoms with Gasteiger partial charge in [0.1, 0.15) is 0 Å². The van der Waals surface area contributed by atoms with Crippen molar-refractivity contribution >= 4 is 11.6 Å². The SMILES string of the molecule is CCc1ccc(N(C(C)=O)C2CCN(Cc3ccccc3)CC2)cc1. The van der Waals surface area contributed by atoms with Crippen LogP contribution in [0.1, 0.15) is 37.8 Å². The van der Waals surface area contributed by atoms with Crippen molar-refractivity contribution in [2.75, 3.05) is 18.0 Å². The highest BCUT2D eigenvalue weighted by Gasteiger charge is 2.27. The predicted octanol–water partition coefficient (Wildman–Crippen LogP) is 4.27. The number of hydrogen-bond acceptors (Lipinski definition) is 2. The summed E-state index contributed by atoms with van der Waals surface area (Å²) >= 11 is 0. The average molecular weight is 336 g/mol. The minimum absolute atomic E-state index is 0.144. The number of carbonyl (C=O) groups is 1. The number of amides is 1. The Morgan fingerprint density at radius 3 is 2.20 bits per heavy atom. The standard InChI is InChI=1S/C22H28N2O/c1-3-19-9-11-21(12-10-19)24(18(2)25)22-13-15-23(16-14-22)17-20-7-5-4-6-8-20/h4-12,22H,3,13-17H2,1-2H3. The van der Waals surface area contributed by atoms with Crippen LogP contribution < -0.4 is 4.90 Å². The zero-order valence-electron chi connectivity index (χ0n) is 15.3. The molecule has 1 aliphatic heterocycles. The summed E-state index contributed by atoms with van der Waals surface area (Å²) in [4.78, 5) is 16.8. The van der Waals surface area contributed by atoms with Crippen molar-refractivity contribution in [2.24, 2.45) is 0 Å². The van der Waals surface area contributed by atoms with Crippen molar-refractivity contribution < 1.29 is 4.79 Å². The number of nitrogens with zero attached hydrogens (tertiary/aromatic N) is 2. The van der Waals surface area contributed by atoms with Crippen LogP contribution in [0.15, 0.2) is 54.6 Å². The molecule has 132 valence electrons. The number of carbonyl (C=O) groups excluding carboxylic acids is 1. The first-order valence-electron chi connectivity index (χ1n) is 9.32. The van der Waals surface area contributed by atoms with Crippen LogP contribution in [0, 0.1) is 0 Å². The summed E-state index contributed by atoms with van der Waals surface area (Å²) in [6.45, 7) is 6.91. The topological polar surface area (TPSA) is 23.6 Å². The van der Waals surface area contributed by atoms with Crippen molar-refractivity contribution in [1.29, 1.82) is 0 Å². The first kappa shape index (κ1) is 17.7. The van der Waals surface area contributed by atoms with Gasteiger partial charge in [-0.1, -0.05) is 49.4 Å². The minimum Gasteiger partial charge on any atom is -0.310 e. The number of benzene rings is 2. The Morgan fingerprint density at radius 1 is 1.00 bits per heavy atom. The van der Waals surface area contributed by atoms with Crippen LogP contribution in [0.3, 0.4) is 0 Å². The highest BCUT2D eigenvalue weighted by molar-refractivity contribution is 5.92. The molecule has 3 nitrogen and oxygen atoms in total. The maximum Gasteiger partial charge on any atom is 0.224 e. The second-order valence-corrected chi connectivity index (χ2v) is 6.90. The van der Waals surface area contributed by atoms with Crippen LogP contribution in [0.5, 0.6) is 0 Å². The van der Waals surface area contributed by atoms with E-state index in [1.165, 1.54) is 11.1 Å². The third-order valence-corrected chi connectivity index (χ3v) is 5.13. The van der Waals surface area contributed by atoms with Crippen LogP contribution in [0.4, 0.5) is 5.69 Å². The number of rotatable bonds is 5. The lowest BCUT2D eigenvalue weighted by molar-refractivity contribution is -0.117. The molecular weight excluding hydrogens is 308 g/mol. The summed E-state index contributed by atoms with van der Waals surface area (Å²) in [5.74, 6) is 0.144. The highest BCUT2D eigenvalue weighted by Crippen LogP contribution is 2.25. The van der Waals surface area contributed by atoms with Crippen LogP contribution in [-0.4, -0.2) is 29.9 Å². The van der Waals surface area contributed by atoms with E-state index in [1.54, 1.807) is 6.92 Å². The van der Waals surface area contributed by atoms with Gasteiger partial charge in [-0.2, -0.15) is 0 Å². The summed E-state index contributed by atoms with van der Waals surface area (Å²) in [6, 6.07) is 19.4. The third kappa shape index (κ3) is 4.49. The van der Waals surface area contributed by atoms with E-state index in [9.17, 15) is 4.79 Å². The van der Waals surface area contributed by atoms with E-state index in [1.807, 2.05) is 4.90 Å². The number of aryl methyl sites for hydroxylation is 1. The van der Waals surface area contributed by atoms with E-state index in [0.29, 0.717) is 6.04 Å². The average Bonchev–Trinajstić information content (AvgIpc) is 2.64. The third-order valence-electron chi connectivity index (χ3n) is 5.13. The summed E-state index contributed by atoms with van der Waals surface area (Å²) in [6.07, 6.45) is 3.09. The molecule has 0 aliphatic carbocycles. The van der Waals surface area contributed by atoms with Gasteiger partial charge in [-0.15, -0.1) is 0 Å². The fourth-order valence-electron chi connectivity index (χ4n) is 3.72. The molecule has 0 bridgehead atoms. The van der Waals surface area contributed by atoms with Gasteiger partial charge in [0.2, 0.25) is 5.91 Å². The van der Waals surface area contributed by atoms with Crippen LogP contribution >= 0.6 is 0 Å². The number of anilines is 1. The van der Waals surface area contributed by atoms with Gasteiger partial charge in [0.25, 0.3) is 0 Å². The molecule has 0 saturated carbocycles. The Hall–Kier alpha value is -2.13. The monoisotopic (exact) mass is 336 g/mol. The Morgan fingerprint density at radius 2 is 1.64 bits per heavy atom. The molecule has 0 radical (unpaired) electrons. The van der Waals surface area contributed by atoms with Crippen molar-refractivity contribution in [3.8, 4) is 0 Å². The smallest absolute Gasteiger partial charge is 0.224 e. The van der Waals surface area contributed by atoms with Gasteiger partial charge in [0.15, 0.2) is 0 Å². The Bertz CT molecular complexity index is 673. The van der Waals surface area contributed by atoms with Crippen molar-refractivity contribution in [3.63, 3.8) is 0 Å². The molecule has 0 aromatic heterocycles. The first-order chi connectivity index (χ1) is 12.2. The van der Waals surface area contributed by atoms with E-state index in [4.69, 9.17) is 0 Å². The van der Waals surface area contributed by atoms with E-state index in [0.717, 1.165) is 44.6 Å². The van der Waals surface area contributed by atoms with Crippen LogP contribution in [0.25, 0.3) is 0 Å². The molecule has 3 rings (SSSR count). The lowest BCUT2D eigenvalue weighted by atomic mass is 10.0. The summed E-state index contributed by atoms with van der Waals surface area (Å²) in [5, 5.41) is 0. The Labute approximate surface area is 151 Å². The second kappa shape index (κ2) is 8.30. The maximum absolute atomic E-state index is 12.3. The normalized spacial score (nSPS) is 15.9. The molecule has 1 heterocycles. The summed E-state index contributed by atoms with van der Waals surface area (Å²) in [5.41, 5.74) is 3.70. The Kier molecular flexibility index (Phi) is 5.87. The molecule has 0 atom stereocenters. The molecule has 1 aliphatic rings. The molecule has 1 saturated heterocycles. The summed E-state index contributed by atoms with van der Waals surface area (Å²) < 4.78 is 0. The molecule has 1 amide bonds. The largest absolute Gasteiger partial charge is 0.310 e. The quantitative estimate of drug-likeness (QED) is 0.814. The zero-order chi connectivity index (χ0) is 17.6. The molecule has 0 unspecified atom stereocenters. The zero-order valence-corrected chi connectivity index (χ0v) is 15.3. The number of piperidine rings is 1. The van der Waals surface area contributed by atoms with Gasteiger partial charge in [-0.25, -0.2) is 0 Å². The fraction of sp³-hybridized carbons (Fsp3) is 0.409. The molecule has 2 aromatic rings. The number of likely N-dealkylation sites (tertiary alicyclic amines) is 1. The van der Waals surface area contributed by atoms with E-state index < -0.39 is 0 Å². The van der Waals surface area contributed by atoms with Gasteiger partial charge in [-0.3, -0.25) is 9.69 Å². The van der Waals surface area contributed by atoms with Crippen molar-refractivity contribution in [2.45, 2.75) is 45.7 Å². The van der Waals surface area contributed by atoms with Crippen LogP contribution in [-0.2, 0) is 17.8 Å². The molecule has 25 heavy (non-hydrogen) atoms. The van der Waals surface area contributed by atoms with E-state index in [-0.39, 0.29) is 5.91 Å². The van der Waals surface area contributed by atoms with Crippen molar-refractivity contribution in [1.82, 2.24) is 4.90 Å². The van der Waals surface area contributed by atoms with Gasteiger partial charge < -0.3 is 4.90 Å². The van der Waals surface area contributed by atoms with Gasteiger partial charge >= 0.3 is 0 Å². The highest BCUT2D eigenvalue weighted by atomic mass is 16.2. The van der Waals surface area contributed by atoms with Gasteiger partial charge in [0.05, 0.1) is 0 Å². The minimum atomic E-state index is 0.144. The molecule has 2 aromatic carbocycles. The van der Waals surface area contributed by atoms with Crippen LogP contribution in [0.2, 0.25) is 0 Å². The molecule has 0 N–H and O–H groups in total. The predicted molar refractivity (Wildman–Crippen MR) is 104 cm³/mol. The fourth-order valence-corrected chi connectivity index (χ4v) is 3.72. The van der Waals surface area contributed by atoms with E-state index in [2.05, 4.69) is 66.4 Å². The first-order valence-corrected chi connectivity index (χ1v) is 9.32. The molecular formula is C22H28N2O.